The first kappa shape index (κ1) is 15.4. The van der Waals surface area contributed by atoms with Gasteiger partial charge in [0.05, 0.1) is 6.20 Å². The SMILES string of the molecule is C[C@@H](NC(=O)CC1CCCCC1)C(=O)Nc1cnccn1. The van der Waals surface area contributed by atoms with Gasteiger partial charge in [0.1, 0.15) is 6.04 Å². The molecule has 1 aromatic heterocycles. The van der Waals surface area contributed by atoms with E-state index in [1.54, 1.807) is 6.92 Å². The van der Waals surface area contributed by atoms with Crippen LogP contribution in [0.3, 0.4) is 0 Å². The summed E-state index contributed by atoms with van der Waals surface area (Å²) in [6, 6.07) is -0.580. The van der Waals surface area contributed by atoms with Gasteiger partial charge in [0, 0.05) is 18.8 Å². The Kier molecular flexibility index (Phi) is 5.66. The van der Waals surface area contributed by atoms with Crippen molar-refractivity contribution in [3.8, 4) is 0 Å². The standard InChI is InChI=1S/C15H22N4O2/c1-11(15(21)19-13-10-16-7-8-17-13)18-14(20)9-12-5-3-2-4-6-12/h7-8,10-12H,2-6,9H2,1H3,(H,18,20)(H,17,19,21)/t11-/m1/s1. The van der Waals surface area contributed by atoms with Crippen molar-refractivity contribution in [3.05, 3.63) is 18.6 Å². The van der Waals surface area contributed by atoms with Crippen LogP contribution in [-0.4, -0.2) is 27.8 Å². The smallest absolute Gasteiger partial charge is 0.247 e. The summed E-state index contributed by atoms with van der Waals surface area (Å²) in [5.74, 6) is 0.515. The molecule has 6 heteroatoms. The summed E-state index contributed by atoms with van der Waals surface area (Å²) in [6.07, 6.45) is 10.9. The number of hydrogen-bond donors (Lipinski definition) is 2. The van der Waals surface area contributed by atoms with E-state index in [0.717, 1.165) is 12.8 Å². The van der Waals surface area contributed by atoms with Crippen molar-refractivity contribution < 1.29 is 9.59 Å². The van der Waals surface area contributed by atoms with E-state index >= 15 is 0 Å². The third kappa shape index (κ3) is 5.13. The minimum Gasteiger partial charge on any atom is -0.345 e. The second-order valence-corrected chi connectivity index (χ2v) is 5.58. The summed E-state index contributed by atoms with van der Waals surface area (Å²) in [7, 11) is 0. The van der Waals surface area contributed by atoms with E-state index in [1.807, 2.05) is 0 Å². The maximum atomic E-state index is 12.0. The predicted molar refractivity (Wildman–Crippen MR) is 79.5 cm³/mol. The molecule has 0 aromatic carbocycles. The van der Waals surface area contributed by atoms with E-state index in [4.69, 9.17) is 0 Å². The lowest BCUT2D eigenvalue weighted by molar-refractivity contribution is -0.127. The van der Waals surface area contributed by atoms with Crippen molar-refractivity contribution in [2.75, 3.05) is 5.32 Å². The quantitative estimate of drug-likeness (QED) is 0.867. The average molecular weight is 290 g/mol. The number of nitrogens with one attached hydrogen (secondary N) is 2. The monoisotopic (exact) mass is 290 g/mol. The van der Waals surface area contributed by atoms with Gasteiger partial charge in [-0.3, -0.25) is 14.6 Å². The van der Waals surface area contributed by atoms with Crippen LogP contribution in [0, 0.1) is 5.92 Å². The fourth-order valence-electron chi connectivity index (χ4n) is 2.62. The average Bonchev–Trinajstić information content (AvgIpc) is 2.49. The van der Waals surface area contributed by atoms with E-state index < -0.39 is 6.04 Å². The molecule has 2 amide bonds. The topological polar surface area (TPSA) is 84.0 Å². The number of amides is 2. The summed E-state index contributed by atoms with van der Waals surface area (Å²) < 4.78 is 0. The summed E-state index contributed by atoms with van der Waals surface area (Å²) in [6.45, 7) is 1.67. The molecule has 1 aromatic rings. The van der Waals surface area contributed by atoms with Crippen LogP contribution in [0.1, 0.15) is 45.4 Å². The molecule has 0 aliphatic heterocycles. The Bertz CT molecular complexity index is 472. The maximum Gasteiger partial charge on any atom is 0.247 e. The van der Waals surface area contributed by atoms with Crippen LogP contribution in [0.5, 0.6) is 0 Å². The van der Waals surface area contributed by atoms with Gasteiger partial charge >= 0.3 is 0 Å². The third-order valence-electron chi connectivity index (χ3n) is 3.78. The second kappa shape index (κ2) is 7.71. The van der Waals surface area contributed by atoms with E-state index in [2.05, 4.69) is 20.6 Å². The van der Waals surface area contributed by atoms with Crippen LogP contribution in [0.25, 0.3) is 0 Å². The second-order valence-electron chi connectivity index (χ2n) is 5.58. The molecule has 0 saturated heterocycles. The molecule has 1 fully saturated rings. The zero-order valence-electron chi connectivity index (χ0n) is 12.3. The van der Waals surface area contributed by atoms with E-state index in [9.17, 15) is 9.59 Å². The van der Waals surface area contributed by atoms with E-state index in [0.29, 0.717) is 18.2 Å². The van der Waals surface area contributed by atoms with Crippen LogP contribution in [0.2, 0.25) is 0 Å². The highest BCUT2D eigenvalue weighted by Crippen LogP contribution is 2.26. The van der Waals surface area contributed by atoms with E-state index in [1.165, 1.54) is 37.9 Å². The van der Waals surface area contributed by atoms with Crippen molar-refractivity contribution in [2.45, 2.75) is 51.5 Å². The highest BCUT2D eigenvalue weighted by molar-refractivity contribution is 5.96. The molecular weight excluding hydrogens is 268 g/mol. The van der Waals surface area contributed by atoms with Crippen molar-refractivity contribution in [3.63, 3.8) is 0 Å². The van der Waals surface area contributed by atoms with Crippen LogP contribution in [0.15, 0.2) is 18.6 Å². The Morgan fingerprint density at radius 2 is 2.05 bits per heavy atom. The molecule has 0 bridgehead atoms. The van der Waals surface area contributed by atoms with Crippen molar-refractivity contribution in [2.24, 2.45) is 5.92 Å². The fraction of sp³-hybridized carbons (Fsp3) is 0.600. The molecular formula is C15H22N4O2. The number of rotatable bonds is 5. The van der Waals surface area contributed by atoms with Crippen LogP contribution in [-0.2, 0) is 9.59 Å². The molecule has 0 spiro atoms. The first-order chi connectivity index (χ1) is 10.1. The first-order valence-corrected chi connectivity index (χ1v) is 7.51. The predicted octanol–water partition coefficient (Wildman–Crippen LogP) is 1.89. The Morgan fingerprint density at radius 1 is 1.29 bits per heavy atom. The number of nitrogens with zero attached hydrogens (tertiary/aromatic N) is 2. The van der Waals surface area contributed by atoms with E-state index in [-0.39, 0.29) is 11.8 Å². The summed E-state index contributed by atoms with van der Waals surface area (Å²) in [5.41, 5.74) is 0. The molecule has 1 atom stereocenters. The van der Waals surface area contributed by atoms with Gasteiger partial charge in [-0.05, 0) is 25.7 Å². The number of hydrogen-bond acceptors (Lipinski definition) is 4. The van der Waals surface area contributed by atoms with Crippen LogP contribution < -0.4 is 10.6 Å². The lowest BCUT2D eigenvalue weighted by atomic mass is 9.87. The molecule has 0 unspecified atom stereocenters. The molecule has 1 heterocycles. The lowest BCUT2D eigenvalue weighted by Crippen LogP contribution is -2.42. The molecule has 114 valence electrons. The van der Waals surface area contributed by atoms with Crippen molar-refractivity contribution >= 4 is 17.6 Å². The largest absolute Gasteiger partial charge is 0.345 e. The van der Waals surface area contributed by atoms with Gasteiger partial charge in [0.15, 0.2) is 5.82 Å². The molecule has 2 N–H and O–H groups in total. The Morgan fingerprint density at radius 3 is 2.71 bits per heavy atom. The number of anilines is 1. The van der Waals surface area contributed by atoms with Gasteiger partial charge in [0.2, 0.25) is 11.8 Å². The minimum absolute atomic E-state index is 0.0521. The normalized spacial score (nSPS) is 17.0. The molecule has 6 nitrogen and oxygen atoms in total. The van der Waals surface area contributed by atoms with Crippen molar-refractivity contribution in [1.29, 1.82) is 0 Å². The molecule has 1 aliphatic carbocycles. The molecule has 0 radical (unpaired) electrons. The molecule has 1 aliphatic rings. The molecule has 21 heavy (non-hydrogen) atoms. The van der Waals surface area contributed by atoms with Gasteiger partial charge in [-0.1, -0.05) is 19.3 Å². The van der Waals surface area contributed by atoms with Gasteiger partial charge in [-0.2, -0.15) is 0 Å². The van der Waals surface area contributed by atoms with Crippen LogP contribution in [0.4, 0.5) is 5.82 Å². The molecule has 2 rings (SSSR count). The lowest BCUT2D eigenvalue weighted by Gasteiger charge is -2.22. The highest BCUT2D eigenvalue weighted by atomic mass is 16.2. The Hall–Kier alpha value is -1.98. The number of aromatic nitrogens is 2. The zero-order valence-corrected chi connectivity index (χ0v) is 12.3. The fourth-order valence-corrected chi connectivity index (χ4v) is 2.62. The number of carbonyl (C=O) groups is 2. The first-order valence-electron chi connectivity index (χ1n) is 7.51. The van der Waals surface area contributed by atoms with Gasteiger partial charge in [0.25, 0.3) is 0 Å². The number of carbonyl (C=O) groups excluding carboxylic acids is 2. The van der Waals surface area contributed by atoms with Crippen molar-refractivity contribution in [1.82, 2.24) is 15.3 Å². The highest BCUT2D eigenvalue weighted by Gasteiger charge is 2.20. The Balaban J connectivity index is 1.75. The Labute approximate surface area is 124 Å². The molecule has 1 saturated carbocycles. The maximum absolute atomic E-state index is 12.0. The van der Waals surface area contributed by atoms with Gasteiger partial charge < -0.3 is 10.6 Å². The summed E-state index contributed by atoms with van der Waals surface area (Å²) >= 11 is 0. The van der Waals surface area contributed by atoms with Gasteiger partial charge in [-0.25, -0.2) is 4.98 Å². The van der Waals surface area contributed by atoms with Crippen LogP contribution >= 0.6 is 0 Å². The summed E-state index contributed by atoms with van der Waals surface area (Å²) in [4.78, 5) is 31.7. The zero-order chi connectivity index (χ0) is 15.1. The summed E-state index contributed by atoms with van der Waals surface area (Å²) in [5, 5.41) is 5.37. The minimum atomic E-state index is -0.580. The van der Waals surface area contributed by atoms with Gasteiger partial charge in [-0.15, -0.1) is 0 Å². The third-order valence-corrected chi connectivity index (χ3v) is 3.78.